The van der Waals surface area contributed by atoms with Crippen LogP contribution in [-0.2, 0) is 25.7 Å². The number of carbonyl (C=O) groups is 3. The minimum Gasteiger partial charge on any atom is -0.459 e. The van der Waals surface area contributed by atoms with Crippen LogP contribution in [0, 0.1) is 0 Å². The van der Waals surface area contributed by atoms with Gasteiger partial charge >= 0.3 is 5.97 Å². The van der Waals surface area contributed by atoms with Crippen molar-refractivity contribution in [1.82, 2.24) is 4.90 Å². The minimum atomic E-state index is -0.580. The van der Waals surface area contributed by atoms with Gasteiger partial charge in [-0.2, -0.15) is 0 Å². The second kappa shape index (κ2) is 8.98. The Labute approximate surface area is 175 Å². The van der Waals surface area contributed by atoms with Gasteiger partial charge in [-0.15, -0.1) is 0 Å². The summed E-state index contributed by atoms with van der Waals surface area (Å²) < 4.78 is 5.50. The maximum atomic E-state index is 13.1. The zero-order valence-electron chi connectivity index (χ0n) is 16.8. The van der Waals surface area contributed by atoms with Crippen LogP contribution in [0.3, 0.4) is 0 Å². The van der Waals surface area contributed by atoms with Crippen molar-refractivity contribution in [3.05, 3.63) is 60.2 Å². The van der Waals surface area contributed by atoms with Crippen molar-refractivity contribution in [3.8, 4) is 0 Å². The van der Waals surface area contributed by atoms with E-state index in [0.29, 0.717) is 18.7 Å². The maximum Gasteiger partial charge on any atom is 0.329 e. The number of anilines is 2. The third kappa shape index (κ3) is 4.45. The van der Waals surface area contributed by atoms with Gasteiger partial charge in [0.15, 0.2) is 0 Å². The Bertz CT molecular complexity index is 931. The largest absolute Gasteiger partial charge is 0.459 e. The zero-order chi connectivity index (χ0) is 20.9. The molecule has 2 aromatic carbocycles. The number of hydrogen-bond acceptors (Lipinski definition) is 5. The van der Waals surface area contributed by atoms with E-state index in [1.165, 1.54) is 0 Å². The van der Waals surface area contributed by atoms with Crippen molar-refractivity contribution >= 4 is 29.2 Å². The molecule has 2 amide bonds. The summed E-state index contributed by atoms with van der Waals surface area (Å²) in [4.78, 5) is 41.3. The average Bonchev–Trinajstić information content (AvgIpc) is 2.78. The molecule has 2 aliphatic rings. The second-order valence-electron chi connectivity index (χ2n) is 7.61. The van der Waals surface area contributed by atoms with Crippen LogP contribution >= 0.6 is 0 Å². The number of carbonyl (C=O) groups excluding carboxylic acids is 3. The molecular formula is C23H25N3O4. The van der Waals surface area contributed by atoms with E-state index in [-0.39, 0.29) is 37.5 Å². The average molecular weight is 407 g/mol. The molecule has 4 rings (SSSR count). The zero-order valence-corrected chi connectivity index (χ0v) is 16.8. The van der Waals surface area contributed by atoms with Crippen LogP contribution in [0.15, 0.2) is 54.6 Å². The quantitative estimate of drug-likeness (QED) is 0.771. The van der Waals surface area contributed by atoms with Gasteiger partial charge < -0.3 is 19.9 Å². The van der Waals surface area contributed by atoms with E-state index in [4.69, 9.17) is 4.74 Å². The third-order valence-electron chi connectivity index (χ3n) is 5.50. The molecular weight excluding hydrogens is 382 g/mol. The molecule has 1 unspecified atom stereocenters. The summed E-state index contributed by atoms with van der Waals surface area (Å²) in [5.41, 5.74) is 2.42. The number of nitrogens with zero attached hydrogens (tertiary/aromatic N) is 2. The van der Waals surface area contributed by atoms with Crippen molar-refractivity contribution < 1.29 is 19.1 Å². The van der Waals surface area contributed by atoms with Gasteiger partial charge in [-0.25, -0.2) is 4.79 Å². The number of amides is 2. The summed E-state index contributed by atoms with van der Waals surface area (Å²) in [5, 5.41) is 2.82. The molecule has 30 heavy (non-hydrogen) atoms. The molecule has 1 saturated heterocycles. The van der Waals surface area contributed by atoms with E-state index in [9.17, 15) is 14.4 Å². The van der Waals surface area contributed by atoms with Gasteiger partial charge in [-0.1, -0.05) is 42.5 Å². The number of likely N-dealkylation sites (tertiary alicyclic amines) is 1. The van der Waals surface area contributed by atoms with E-state index in [0.717, 1.165) is 24.1 Å². The summed E-state index contributed by atoms with van der Waals surface area (Å²) in [5.74, 6) is -0.691. The van der Waals surface area contributed by atoms with Crippen LogP contribution in [0.2, 0.25) is 0 Å². The van der Waals surface area contributed by atoms with Crippen LogP contribution in [0.25, 0.3) is 0 Å². The van der Waals surface area contributed by atoms with Gasteiger partial charge in [0.2, 0.25) is 11.8 Å². The lowest BCUT2D eigenvalue weighted by Gasteiger charge is -2.37. The summed E-state index contributed by atoms with van der Waals surface area (Å²) in [7, 11) is 0. The number of nitrogens with one attached hydrogen (secondary N) is 1. The van der Waals surface area contributed by atoms with Crippen molar-refractivity contribution in [1.29, 1.82) is 0 Å². The molecule has 7 nitrogen and oxygen atoms in total. The molecule has 0 saturated carbocycles. The van der Waals surface area contributed by atoms with Crippen molar-refractivity contribution in [2.24, 2.45) is 0 Å². The van der Waals surface area contributed by atoms with E-state index in [1.54, 1.807) is 9.80 Å². The topological polar surface area (TPSA) is 79.0 Å². The molecule has 0 aromatic heterocycles. The van der Waals surface area contributed by atoms with Gasteiger partial charge in [-0.3, -0.25) is 9.59 Å². The van der Waals surface area contributed by atoms with Crippen LogP contribution in [0.4, 0.5) is 11.4 Å². The predicted molar refractivity (Wildman–Crippen MR) is 113 cm³/mol. The Morgan fingerprint density at radius 3 is 2.63 bits per heavy atom. The molecule has 156 valence electrons. The molecule has 7 heteroatoms. The Morgan fingerprint density at radius 1 is 1.03 bits per heavy atom. The molecule has 0 radical (unpaired) electrons. The molecule has 1 N–H and O–H groups in total. The second-order valence-corrected chi connectivity index (χ2v) is 7.61. The summed E-state index contributed by atoms with van der Waals surface area (Å²) >= 11 is 0. The number of piperidine rings is 1. The van der Waals surface area contributed by atoms with Crippen molar-refractivity contribution in [2.75, 3.05) is 29.9 Å². The predicted octanol–water partition coefficient (Wildman–Crippen LogP) is 2.57. The SMILES string of the molecule is O=C1CN(CC(=O)N2CCCCC2C(=O)OCc2ccccc2)c2ccccc2N1. The van der Waals surface area contributed by atoms with Crippen molar-refractivity contribution in [2.45, 2.75) is 31.9 Å². The first-order valence-corrected chi connectivity index (χ1v) is 10.3. The molecule has 1 atom stereocenters. The standard InChI is InChI=1S/C23H25N3O4/c27-21-14-25(19-11-5-4-10-18(19)24-21)15-22(28)26-13-7-6-12-20(26)23(29)30-16-17-8-2-1-3-9-17/h1-5,8-11,20H,6-7,12-16H2,(H,24,27). The lowest BCUT2D eigenvalue weighted by molar-refractivity contribution is -0.157. The molecule has 2 aromatic rings. The van der Waals surface area contributed by atoms with E-state index < -0.39 is 6.04 Å². The number of rotatable bonds is 5. The highest BCUT2D eigenvalue weighted by Gasteiger charge is 2.35. The molecule has 2 heterocycles. The van der Waals surface area contributed by atoms with Gasteiger partial charge in [0, 0.05) is 6.54 Å². The van der Waals surface area contributed by atoms with E-state index in [2.05, 4.69) is 5.32 Å². The van der Waals surface area contributed by atoms with Crippen LogP contribution < -0.4 is 10.2 Å². The number of para-hydroxylation sites is 2. The lowest BCUT2D eigenvalue weighted by Crippen LogP contribution is -2.53. The van der Waals surface area contributed by atoms with E-state index in [1.807, 2.05) is 54.6 Å². The summed E-state index contributed by atoms with van der Waals surface area (Å²) in [6.45, 7) is 0.871. The Balaban J connectivity index is 1.43. The van der Waals surface area contributed by atoms with Crippen LogP contribution in [0.1, 0.15) is 24.8 Å². The molecule has 2 aliphatic heterocycles. The lowest BCUT2D eigenvalue weighted by atomic mass is 10.0. The van der Waals surface area contributed by atoms with Crippen molar-refractivity contribution in [3.63, 3.8) is 0 Å². The molecule has 1 fully saturated rings. The number of ether oxygens (including phenoxy) is 1. The first-order chi connectivity index (χ1) is 14.6. The summed E-state index contributed by atoms with van der Waals surface area (Å²) in [6.07, 6.45) is 2.32. The smallest absolute Gasteiger partial charge is 0.329 e. The molecule has 0 spiro atoms. The number of esters is 1. The third-order valence-corrected chi connectivity index (χ3v) is 5.50. The highest BCUT2D eigenvalue weighted by Crippen LogP contribution is 2.29. The Kier molecular flexibility index (Phi) is 5.97. The molecule has 0 bridgehead atoms. The first kappa shape index (κ1) is 19.9. The number of fused-ring (bicyclic) bond motifs is 1. The fourth-order valence-electron chi connectivity index (χ4n) is 4.00. The van der Waals surface area contributed by atoms with E-state index >= 15 is 0 Å². The van der Waals surface area contributed by atoms with Crippen LogP contribution in [-0.4, -0.2) is 48.4 Å². The Morgan fingerprint density at radius 2 is 1.80 bits per heavy atom. The highest BCUT2D eigenvalue weighted by molar-refractivity contribution is 6.02. The van der Waals surface area contributed by atoms with Gasteiger partial charge in [0.25, 0.3) is 0 Å². The normalized spacial score (nSPS) is 18.4. The molecule has 0 aliphatic carbocycles. The minimum absolute atomic E-state index is 0.0485. The first-order valence-electron chi connectivity index (χ1n) is 10.3. The fraction of sp³-hybridized carbons (Fsp3) is 0.348. The highest BCUT2D eigenvalue weighted by atomic mass is 16.5. The monoisotopic (exact) mass is 407 g/mol. The summed E-state index contributed by atoms with van der Waals surface area (Å²) in [6, 6.07) is 16.3. The maximum absolute atomic E-state index is 13.1. The Hall–Kier alpha value is -3.35. The number of benzene rings is 2. The van der Waals surface area contributed by atoms with Crippen LogP contribution in [0.5, 0.6) is 0 Å². The number of hydrogen-bond donors (Lipinski definition) is 1. The van der Waals surface area contributed by atoms with Gasteiger partial charge in [0.05, 0.1) is 24.5 Å². The van der Waals surface area contributed by atoms with Gasteiger partial charge in [0.1, 0.15) is 12.6 Å². The fourth-order valence-corrected chi connectivity index (χ4v) is 4.00. The van der Waals surface area contributed by atoms with Gasteiger partial charge in [-0.05, 0) is 37.0 Å².